The van der Waals surface area contributed by atoms with Gasteiger partial charge in [-0.05, 0) is 43.0 Å². The molecule has 120 valence electrons. The Kier molecular flexibility index (Phi) is 4.65. The lowest BCUT2D eigenvalue weighted by atomic mass is 9.99. The Morgan fingerprint density at radius 2 is 1.83 bits per heavy atom. The SMILES string of the molecule is CC[C@@H](Oc1ccc(C)cc1)C(=O)N1CCc2ccccc2C1. The van der Waals surface area contributed by atoms with Crippen LogP contribution in [0.1, 0.15) is 30.0 Å². The Balaban J connectivity index is 1.69. The summed E-state index contributed by atoms with van der Waals surface area (Å²) in [6, 6.07) is 16.2. The Morgan fingerprint density at radius 3 is 2.52 bits per heavy atom. The van der Waals surface area contributed by atoms with E-state index in [2.05, 4.69) is 18.2 Å². The van der Waals surface area contributed by atoms with Crippen LogP contribution in [0.3, 0.4) is 0 Å². The molecule has 23 heavy (non-hydrogen) atoms. The molecule has 3 heteroatoms. The second-order valence-electron chi connectivity index (χ2n) is 6.11. The summed E-state index contributed by atoms with van der Waals surface area (Å²) in [6.45, 7) is 5.48. The maximum atomic E-state index is 12.8. The first-order chi connectivity index (χ1) is 11.2. The lowest BCUT2D eigenvalue weighted by Crippen LogP contribution is -2.44. The van der Waals surface area contributed by atoms with Gasteiger partial charge in [0.2, 0.25) is 0 Å². The highest BCUT2D eigenvalue weighted by molar-refractivity contribution is 5.81. The van der Waals surface area contributed by atoms with Gasteiger partial charge < -0.3 is 9.64 Å². The first-order valence-electron chi connectivity index (χ1n) is 8.26. The van der Waals surface area contributed by atoms with E-state index in [0.29, 0.717) is 13.0 Å². The molecule has 0 saturated heterocycles. The lowest BCUT2D eigenvalue weighted by molar-refractivity contribution is -0.139. The van der Waals surface area contributed by atoms with Crippen molar-refractivity contribution in [3.63, 3.8) is 0 Å². The van der Waals surface area contributed by atoms with Crippen molar-refractivity contribution in [2.24, 2.45) is 0 Å². The number of benzene rings is 2. The molecule has 0 aromatic heterocycles. The zero-order valence-corrected chi connectivity index (χ0v) is 13.8. The van der Waals surface area contributed by atoms with Gasteiger partial charge in [0.25, 0.3) is 5.91 Å². The second kappa shape index (κ2) is 6.86. The fourth-order valence-electron chi connectivity index (χ4n) is 2.98. The monoisotopic (exact) mass is 309 g/mol. The molecule has 0 unspecified atom stereocenters. The van der Waals surface area contributed by atoms with Gasteiger partial charge in [0.15, 0.2) is 6.10 Å². The van der Waals surface area contributed by atoms with Crippen molar-refractivity contribution in [3.05, 3.63) is 65.2 Å². The van der Waals surface area contributed by atoms with Crippen LogP contribution in [-0.4, -0.2) is 23.5 Å². The van der Waals surface area contributed by atoms with Crippen molar-refractivity contribution < 1.29 is 9.53 Å². The fraction of sp³-hybridized carbons (Fsp3) is 0.350. The maximum absolute atomic E-state index is 12.8. The van der Waals surface area contributed by atoms with Gasteiger partial charge in [-0.1, -0.05) is 48.9 Å². The van der Waals surface area contributed by atoms with E-state index in [4.69, 9.17) is 4.74 Å². The third-order valence-electron chi connectivity index (χ3n) is 4.39. The van der Waals surface area contributed by atoms with Crippen LogP contribution in [0.25, 0.3) is 0 Å². The number of carbonyl (C=O) groups excluding carboxylic acids is 1. The Morgan fingerprint density at radius 1 is 1.13 bits per heavy atom. The third-order valence-corrected chi connectivity index (χ3v) is 4.39. The van der Waals surface area contributed by atoms with Crippen LogP contribution in [-0.2, 0) is 17.8 Å². The van der Waals surface area contributed by atoms with Gasteiger partial charge in [-0.2, -0.15) is 0 Å². The number of aryl methyl sites for hydroxylation is 1. The van der Waals surface area contributed by atoms with Crippen LogP contribution < -0.4 is 4.74 Å². The van der Waals surface area contributed by atoms with Crippen LogP contribution in [0.4, 0.5) is 0 Å². The van der Waals surface area contributed by atoms with Gasteiger partial charge in [-0.15, -0.1) is 0 Å². The smallest absolute Gasteiger partial charge is 0.263 e. The molecule has 0 bridgehead atoms. The van der Waals surface area contributed by atoms with Gasteiger partial charge >= 0.3 is 0 Å². The normalized spacial score (nSPS) is 15.0. The van der Waals surface area contributed by atoms with Crippen LogP contribution in [0, 0.1) is 6.92 Å². The summed E-state index contributed by atoms with van der Waals surface area (Å²) < 4.78 is 5.93. The molecule has 1 aliphatic rings. The maximum Gasteiger partial charge on any atom is 0.263 e. The number of carbonyl (C=O) groups is 1. The largest absolute Gasteiger partial charge is 0.481 e. The van der Waals surface area contributed by atoms with Crippen molar-refractivity contribution in [3.8, 4) is 5.75 Å². The molecular weight excluding hydrogens is 286 g/mol. The Bertz CT molecular complexity index is 678. The molecule has 1 aliphatic heterocycles. The van der Waals surface area contributed by atoms with Crippen molar-refractivity contribution >= 4 is 5.91 Å². The predicted molar refractivity (Wildman–Crippen MR) is 91.4 cm³/mol. The van der Waals surface area contributed by atoms with Gasteiger partial charge in [-0.25, -0.2) is 0 Å². The minimum absolute atomic E-state index is 0.0857. The van der Waals surface area contributed by atoms with E-state index < -0.39 is 6.10 Å². The average molecular weight is 309 g/mol. The number of amides is 1. The Labute approximate surface area is 137 Å². The van der Waals surface area contributed by atoms with E-state index in [0.717, 1.165) is 18.7 Å². The number of rotatable bonds is 4. The van der Waals surface area contributed by atoms with E-state index in [1.54, 1.807) is 0 Å². The molecule has 1 heterocycles. The molecule has 0 N–H and O–H groups in total. The number of hydrogen-bond donors (Lipinski definition) is 0. The number of ether oxygens (including phenoxy) is 1. The number of hydrogen-bond acceptors (Lipinski definition) is 2. The van der Waals surface area contributed by atoms with Crippen LogP contribution >= 0.6 is 0 Å². The minimum atomic E-state index is -0.414. The van der Waals surface area contributed by atoms with Crippen LogP contribution in [0.5, 0.6) is 5.75 Å². The predicted octanol–water partition coefficient (Wildman–Crippen LogP) is 3.74. The first-order valence-corrected chi connectivity index (χ1v) is 8.26. The summed E-state index contributed by atoms with van der Waals surface area (Å²) in [4.78, 5) is 14.7. The summed E-state index contributed by atoms with van der Waals surface area (Å²) >= 11 is 0. The van der Waals surface area contributed by atoms with E-state index in [1.165, 1.54) is 16.7 Å². The van der Waals surface area contributed by atoms with Crippen LogP contribution in [0.15, 0.2) is 48.5 Å². The third kappa shape index (κ3) is 3.55. The van der Waals surface area contributed by atoms with Gasteiger partial charge in [0, 0.05) is 13.1 Å². The van der Waals surface area contributed by atoms with Crippen molar-refractivity contribution in [1.82, 2.24) is 4.90 Å². The molecule has 0 fully saturated rings. The van der Waals surface area contributed by atoms with Gasteiger partial charge in [-0.3, -0.25) is 4.79 Å². The summed E-state index contributed by atoms with van der Waals surface area (Å²) in [5.74, 6) is 0.843. The van der Waals surface area contributed by atoms with Gasteiger partial charge in [0.1, 0.15) is 5.75 Å². The molecule has 0 radical (unpaired) electrons. The first kappa shape index (κ1) is 15.6. The van der Waals surface area contributed by atoms with Crippen LogP contribution in [0.2, 0.25) is 0 Å². The molecule has 3 rings (SSSR count). The highest BCUT2D eigenvalue weighted by Crippen LogP contribution is 2.21. The molecule has 2 aromatic carbocycles. The molecule has 3 nitrogen and oxygen atoms in total. The minimum Gasteiger partial charge on any atom is -0.481 e. The molecule has 1 amide bonds. The fourth-order valence-corrected chi connectivity index (χ4v) is 2.98. The zero-order valence-electron chi connectivity index (χ0n) is 13.8. The average Bonchev–Trinajstić information content (AvgIpc) is 2.60. The van der Waals surface area contributed by atoms with Crippen molar-refractivity contribution in [2.45, 2.75) is 39.3 Å². The molecule has 1 atom stereocenters. The number of nitrogens with zero attached hydrogens (tertiary/aromatic N) is 1. The van der Waals surface area contributed by atoms with E-state index >= 15 is 0 Å². The second-order valence-corrected chi connectivity index (χ2v) is 6.11. The molecule has 0 spiro atoms. The molecular formula is C20H23NO2. The topological polar surface area (TPSA) is 29.5 Å². The molecule has 0 saturated carbocycles. The highest BCUT2D eigenvalue weighted by Gasteiger charge is 2.27. The van der Waals surface area contributed by atoms with E-state index in [-0.39, 0.29) is 5.91 Å². The zero-order chi connectivity index (χ0) is 16.2. The Hall–Kier alpha value is -2.29. The summed E-state index contributed by atoms with van der Waals surface area (Å²) in [5, 5.41) is 0. The van der Waals surface area contributed by atoms with E-state index in [9.17, 15) is 4.79 Å². The number of fused-ring (bicyclic) bond motifs is 1. The highest BCUT2D eigenvalue weighted by atomic mass is 16.5. The summed E-state index contributed by atoms with van der Waals surface area (Å²) in [5.41, 5.74) is 3.78. The molecule has 2 aromatic rings. The summed E-state index contributed by atoms with van der Waals surface area (Å²) in [7, 11) is 0. The van der Waals surface area contributed by atoms with Gasteiger partial charge in [0.05, 0.1) is 0 Å². The van der Waals surface area contributed by atoms with Crippen molar-refractivity contribution in [2.75, 3.05) is 6.54 Å². The summed E-state index contributed by atoms with van der Waals surface area (Å²) in [6.07, 6.45) is 1.18. The molecule has 0 aliphatic carbocycles. The quantitative estimate of drug-likeness (QED) is 0.861. The lowest BCUT2D eigenvalue weighted by Gasteiger charge is -2.31. The van der Waals surface area contributed by atoms with Crippen molar-refractivity contribution in [1.29, 1.82) is 0 Å². The standard InChI is InChI=1S/C20H23NO2/c1-3-19(23-18-10-8-15(2)9-11-18)20(22)21-13-12-16-6-4-5-7-17(16)14-21/h4-11,19H,3,12-14H2,1-2H3/t19-/m1/s1. The van der Waals surface area contributed by atoms with E-state index in [1.807, 2.05) is 49.1 Å².